The second kappa shape index (κ2) is 4.20. The second-order valence-electron chi connectivity index (χ2n) is 4.34. The number of rotatable bonds is 3. The second-order valence-corrected chi connectivity index (χ2v) is 4.75. The van der Waals surface area contributed by atoms with Crippen molar-refractivity contribution in [1.82, 2.24) is 0 Å². The largest absolute Gasteiger partial charge is 0.398 e. The summed E-state index contributed by atoms with van der Waals surface area (Å²) in [4.78, 5) is 0. The van der Waals surface area contributed by atoms with E-state index in [-0.39, 0.29) is 5.54 Å². The summed E-state index contributed by atoms with van der Waals surface area (Å²) in [5.74, 6) is 0. The molecule has 0 spiro atoms. The molecule has 4 N–H and O–H groups in total. The number of benzene rings is 1. The number of hydrogen-bond donors (Lipinski definition) is 2. The lowest BCUT2D eigenvalue weighted by Crippen LogP contribution is -2.32. The normalized spacial score (nSPS) is 11.7. The molecule has 0 heterocycles. The van der Waals surface area contributed by atoms with E-state index in [2.05, 4.69) is 0 Å². The minimum atomic E-state index is -0.131. The molecule has 3 heteroatoms. The van der Waals surface area contributed by atoms with Crippen LogP contribution in [0.4, 0.5) is 5.69 Å². The quantitative estimate of drug-likeness (QED) is 0.757. The zero-order chi connectivity index (χ0) is 10.8. The summed E-state index contributed by atoms with van der Waals surface area (Å²) < 4.78 is 0. The number of nitrogen functional groups attached to an aromatic ring is 1. The monoisotopic (exact) mass is 212 g/mol. The Morgan fingerprint density at radius 1 is 1.36 bits per heavy atom. The fourth-order valence-corrected chi connectivity index (χ4v) is 1.33. The highest BCUT2D eigenvalue weighted by Gasteiger charge is 2.10. The Kier molecular flexibility index (Phi) is 3.40. The van der Waals surface area contributed by atoms with Gasteiger partial charge in [-0.25, -0.2) is 0 Å². The predicted molar refractivity (Wildman–Crippen MR) is 62.5 cm³/mol. The van der Waals surface area contributed by atoms with Crippen molar-refractivity contribution in [3.8, 4) is 0 Å². The smallest absolute Gasteiger partial charge is 0.0635 e. The first-order valence-corrected chi connectivity index (χ1v) is 5.09. The van der Waals surface area contributed by atoms with Crippen LogP contribution in [0.5, 0.6) is 0 Å². The Labute approximate surface area is 90.2 Å². The predicted octanol–water partition coefficient (Wildman–Crippen LogP) is 2.59. The van der Waals surface area contributed by atoms with Gasteiger partial charge in [0.1, 0.15) is 0 Å². The topological polar surface area (TPSA) is 52.0 Å². The van der Waals surface area contributed by atoms with E-state index in [9.17, 15) is 0 Å². The Bertz CT molecular complexity index is 316. The zero-order valence-electron chi connectivity index (χ0n) is 8.68. The standard InChI is InChI=1S/C11H17ClN2/c1-11(2,14)6-5-8-3-4-9(12)10(13)7-8/h3-4,7H,5-6,13-14H2,1-2H3. The van der Waals surface area contributed by atoms with Gasteiger partial charge in [0.05, 0.1) is 10.7 Å². The number of anilines is 1. The van der Waals surface area contributed by atoms with Gasteiger partial charge in [-0.15, -0.1) is 0 Å². The Hall–Kier alpha value is -0.730. The van der Waals surface area contributed by atoms with Crippen molar-refractivity contribution in [3.05, 3.63) is 28.8 Å². The van der Waals surface area contributed by atoms with E-state index >= 15 is 0 Å². The van der Waals surface area contributed by atoms with Crippen LogP contribution < -0.4 is 11.5 Å². The lowest BCUT2D eigenvalue weighted by Gasteiger charge is -2.18. The number of aryl methyl sites for hydroxylation is 1. The summed E-state index contributed by atoms with van der Waals surface area (Å²) in [6, 6.07) is 5.73. The summed E-state index contributed by atoms with van der Waals surface area (Å²) in [6.45, 7) is 4.04. The Balaban J connectivity index is 2.65. The van der Waals surface area contributed by atoms with Gasteiger partial charge in [0.15, 0.2) is 0 Å². The molecule has 0 amide bonds. The summed E-state index contributed by atoms with van der Waals surface area (Å²) >= 11 is 5.82. The average molecular weight is 213 g/mol. The molecule has 0 fully saturated rings. The third-order valence-electron chi connectivity index (χ3n) is 2.12. The molecule has 2 nitrogen and oxygen atoms in total. The summed E-state index contributed by atoms with van der Waals surface area (Å²) in [5, 5.41) is 0.612. The Morgan fingerprint density at radius 3 is 2.50 bits per heavy atom. The van der Waals surface area contributed by atoms with Crippen LogP contribution in [-0.4, -0.2) is 5.54 Å². The van der Waals surface area contributed by atoms with Crippen LogP contribution in [-0.2, 0) is 6.42 Å². The van der Waals surface area contributed by atoms with Crippen LogP contribution in [0.2, 0.25) is 5.02 Å². The molecular formula is C11H17ClN2. The highest BCUT2D eigenvalue weighted by Crippen LogP contribution is 2.21. The van der Waals surface area contributed by atoms with Crippen molar-refractivity contribution >= 4 is 17.3 Å². The van der Waals surface area contributed by atoms with Gasteiger partial charge in [-0.05, 0) is 44.4 Å². The SMILES string of the molecule is CC(C)(N)CCc1ccc(Cl)c(N)c1. The lowest BCUT2D eigenvalue weighted by atomic mass is 9.96. The van der Waals surface area contributed by atoms with E-state index in [0.29, 0.717) is 10.7 Å². The van der Waals surface area contributed by atoms with Crippen molar-refractivity contribution in [1.29, 1.82) is 0 Å². The zero-order valence-corrected chi connectivity index (χ0v) is 9.43. The average Bonchev–Trinajstić information content (AvgIpc) is 2.06. The number of hydrogen-bond acceptors (Lipinski definition) is 2. The van der Waals surface area contributed by atoms with Crippen molar-refractivity contribution in [3.63, 3.8) is 0 Å². The van der Waals surface area contributed by atoms with Crippen LogP contribution in [0.3, 0.4) is 0 Å². The van der Waals surface area contributed by atoms with E-state index < -0.39 is 0 Å². The van der Waals surface area contributed by atoms with Gasteiger partial charge < -0.3 is 11.5 Å². The van der Waals surface area contributed by atoms with Gasteiger partial charge >= 0.3 is 0 Å². The molecule has 0 aliphatic heterocycles. The van der Waals surface area contributed by atoms with E-state index in [1.165, 1.54) is 5.56 Å². The van der Waals surface area contributed by atoms with E-state index in [0.717, 1.165) is 12.8 Å². The first-order valence-electron chi connectivity index (χ1n) is 4.71. The van der Waals surface area contributed by atoms with Crippen molar-refractivity contribution in [2.75, 3.05) is 5.73 Å². The van der Waals surface area contributed by atoms with Crippen molar-refractivity contribution < 1.29 is 0 Å². The van der Waals surface area contributed by atoms with Crippen LogP contribution in [0, 0.1) is 0 Å². The molecule has 1 rings (SSSR count). The van der Waals surface area contributed by atoms with Gasteiger partial charge in [-0.3, -0.25) is 0 Å². The molecule has 0 radical (unpaired) electrons. The van der Waals surface area contributed by atoms with Crippen LogP contribution >= 0.6 is 11.6 Å². The number of halogens is 1. The Morgan fingerprint density at radius 2 is 2.00 bits per heavy atom. The highest BCUT2D eigenvalue weighted by atomic mass is 35.5. The van der Waals surface area contributed by atoms with E-state index in [4.69, 9.17) is 23.1 Å². The van der Waals surface area contributed by atoms with Gasteiger partial charge in [-0.1, -0.05) is 17.7 Å². The molecule has 1 aromatic carbocycles. The molecule has 0 bridgehead atoms. The van der Waals surface area contributed by atoms with E-state index in [1.54, 1.807) is 0 Å². The minimum Gasteiger partial charge on any atom is -0.398 e. The maximum atomic E-state index is 5.89. The maximum Gasteiger partial charge on any atom is 0.0635 e. The van der Waals surface area contributed by atoms with Crippen molar-refractivity contribution in [2.24, 2.45) is 5.73 Å². The molecule has 0 unspecified atom stereocenters. The van der Waals surface area contributed by atoms with Crippen LogP contribution in [0.15, 0.2) is 18.2 Å². The molecule has 1 aromatic rings. The summed E-state index contributed by atoms with van der Waals surface area (Å²) in [5.41, 5.74) is 13.3. The van der Waals surface area contributed by atoms with Gasteiger partial charge in [0.25, 0.3) is 0 Å². The minimum absolute atomic E-state index is 0.131. The summed E-state index contributed by atoms with van der Waals surface area (Å²) in [6.07, 6.45) is 1.87. The molecule has 0 atom stereocenters. The lowest BCUT2D eigenvalue weighted by molar-refractivity contribution is 0.477. The van der Waals surface area contributed by atoms with Gasteiger partial charge in [-0.2, -0.15) is 0 Å². The van der Waals surface area contributed by atoms with Gasteiger partial charge in [0.2, 0.25) is 0 Å². The molecule has 0 saturated heterocycles. The fraction of sp³-hybridized carbons (Fsp3) is 0.455. The fourth-order valence-electron chi connectivity index (χ4n) is 1.22. The van der Waals surface area contributed by atoms with Crippen LogP contribution in [0.25, 0.3) is 0 Å². The van der Waals surface area contributed by atoms with E-state index in [1.807, 2.05) is 32.0 Å². The summed E-state index contributed by atoms with van der Waals surface area (Å²) in [7, 11) is 0. The molecule has 0 aliphatic carbocycles. The first-order chi connectivity index (χ1) is 6.38. The maximum absolute atomic E-state index is 5.89. The first kappa shape index (κ1) is 11.3. The molecule has 0 saturated carbocycles. The highest BCUT2D eigenvalue weighted by molar-refractivity contribution is 6.33. The van der Waals surface area contributed by atoms with Crippen molar-refractivity contribution in [2.45, 2.75) is 32.2 Å². The third-order valence-corrected chi connectivity index (χ3v) is 2.46. The third kappa shape index (κ3) is 3.56. The van der Waals surface area contributed by atoms with Gasteiger partial charge in [0, 0.05) is 5.54 Å². The molecule has 0 aliphatic rings. The molecular weight excluding hydrogens is 196 g/mol. The van der Waals surface area contributed by atoms with Crippen LogP contribution in [0.1, 0.15) is 25.8 Å². The molecule has 0 aromatic heterocycles. The molecule has 14 heavy (non-hydrogen) atoms. The molecule has 78 valence electrons. The number of nitrogens with two attached hydrogens (primary N) is 2.